The van der Waals surface area contributed by atoms with Crippen molar-refractivity contribution >= 4 is 17.3 Å². The standard InChI is InChI=1S/C26H27F3N8O/c1-15-7-9-36(14-19(15)30)20-10-23(32-12-17(20)16-11-33-37(13-16)26(28)29)34-22-6-8-31-25(35-22)24-18(27)4-3-5-21(24)38-2/h3-6,8,10-13,15,19,26H,7,9,14,30H2,1-2H3,(H,31,32,34,35)/t15-,19-/m1/s1. The maximum Gasteiger partial charge on any atom is 0.333 e. The van der Waals surface area contributed by atoms with Gasteiger partial charge in [-0.3, -0.25) is 0 Å². The third-order valence-corrected chi connectivity index (χ3v) is 6.68. The molecule has 4 heterocycles. The summed E-state index contributed by atoms with van der Waals surface area (Å²) in [6.45, 7) is 0.724. The summed E-state index contributed by atoms with van der Waals surface area (Å²) in [5.74, 6) is 1.17. The van der Waals surface area contributed by atoms with Gasteiger partial charge in [-0.25, -0.2) is 24.0 Å². The van der Waals surface area contributed by atoms with Crippen LogP contribution in [0.3, 0.4) is 0 Å². The number of ether oxygens (including phenoxy) is 1. The Hall–Kier alpha value is -4.19. The molecule has 38 heavy (non-hydrogen) atoms. The highest BCUT2D eigenvalue weighted by atomic mass is 19.3. The van der Waals surface area contributed by atoms with Gasteiger partial charge in [0.2, 0.25) is 0 Å². The lowest BCUT2D eigenvalue weighted by Gasteiger charge is -2.37. The highest BCUT2D eigenvalue weighted by Gasteiger charge is 2.26. The molecular weight excluding hydrogens is 497 g/mol. The van der Waals surface area contributed by atoms with E-state index in [9.17, 15) is 13.2 Å². The number of piperidine rings is 1. The van der Waals surface area contributed by atoms with Crippen LogP contribution < -0.4 is 20.7 Å². The molecule has 0 aliphatic carbocycles. The molecule has 1 aliphatic heterocycles. The van der Waals surface area contributed by atoms with Crippen molar-refractivity contribution in [1.29, 1.82) is 0 Å². The monoisotopic (exact) mass is 524 g/mol. The fourth-order valence-electron chi connectivity index (χ4n) is 4.47. The molecule has 1 saturated heterocycles. The summed E-state index contributed by atoms with van der Waals surface area (Å²) >= 11 is 0. The van der Waals surface area contributed by atoms with Gasteiger partial charge >= 0.3 is 6.55 Å². The van der Waals surface area contributed by atoms with Crippen LogP contribution in [0.1, 0.15) is 19.9 Å². The molecule has 0 unspecified atom stereocenters. The van der Waals surface area contributed by atoms with E-state index in [0.29, 0.717) is 45.7 Å². The van der Waals surface area contributed by atoms with Gasteiger partial charge in [0.15, 0.2) is 5.82 Å². The quantitative estimate of drug-likeness (QED) is 0.353. The van der Waals surface area contributed by atoms with E-state index in [2.05, 4.69) is 37.2 Å². The van der Waals surface area contributed by atoms with Crippen molar-refractivity contribution in [3.8, 4) is 28.3 Å². The van der Waals surface area contributed by atoms with Crippen LogP contribution in [0.2, 0.25) is 0 Å². The molecule has 0 saturated carbocycles. The number of hydrogen-bond donors (Lipinski definition) is 2. The van der Waals surface area contributed by atoms with Crippen molar-refractivity contribution in [1.82, 2.24) is 24.7 Å². The van der Waals surface area contributed by atoms with Crippen LogP contribution in [-0.4, -0.2) is 51.0 Å². The Kier molecular flexibility index (Phi) is 7.14. The fraction of sp³-hybridized carbons (Fsp3) is 0.308. The number of halogens is 3. The molecule has 4 aromatic rings. The van der Waals surface area contributed by atoms with Gasteiger partial charge in [-0.2, -0.15) is 13.9 Å². The summed E-state index contributed by atoms with van der Waals surface area (Å²) in [6, 6.07) is 7.92. The third-order valence-electron chi connectivity index (χ3n) is 6.68. The highest BCUT2D eigenvalue weighted by molar-refractivity contribution is 5.80. The number of nitrogens with zero attached hydrogens (tertiary/aromatic N) is 6. The smallest absolute Gasteiger partial charge is 0.333 e. The first-order valence-corrected chi connectivity index (χ1v) is 12.1. The Morgan fingerprint density at radius 3 is 2.74 bits per heavy atom. The van der Waals surface area contributed by atoms with E-state index in [4.69, 9.17) is 10.5 Å². The van der Waals surface area contributed by atoms with Gasteiger partial charge in [0.1, 0.15) is 23.2 Å². The van der Waals surface area contributed by atoms with Gasteiger partial charge in [0.25, 0.3) is 0 Å². The average Bonchev–Trinajstić information content (AvgIpc) is 3.41. The number of benzene rings is 1. The molecular formula is C26H27F3N8O. The molecule has 198 valence electrons. The molecule has 2 atom stereocenters. The summed E-state index contributed by atoms with van der Waals surface area (Å²) < 4.78 is 46.9. The van der Waals surface area contributed by atoms with Crippen molar-refractivity contribution < 1.29 is 17.9 Å². The van der Waals surface area contributed by atoms with E-state index < -0.39 is 12.4 Å². The Bertz CT molecular complexity index is 1430. The molecule has 1 aliphatic rings. The van der Waals surface area contributed by atoms with E-state index in [0.717, 1.165) is 18.7 Å². The number of pyridine rings is 1. The zero-order valence-corrected chi connectivity index (χ0v) is 20.9. The Morgan fingerprint density at radius 1 is 1.16 bits per heavy atom. The SMILES string of the molecule is COc1cccc(F)c1-c1nccc(Nc2cc(N3CC[C@@H](C)[C@H](N)C3)c(-c3cnn(C(F)F)c3)cn2)n1. The summed E-state index contributed by atoms with van der Waals surface area (Å²) in [7, 11) is 1.45. The van der Waals surface area contributed by atoms with Crippen molar-refractivity contribution in [2.75, 3.05) is 30.4 Å². The van der Waals surface area contributed by atoms with Gasteiger partial charge < -0.3 is 20.7 Å². The van der Waals surface area contributed by atoms with Gasteiger partial charge in [0.05, 0.1) is 18.9 Å². The van der Waals surface area contributed by atoms with E-state index in [1.165, 1.54) is 31.8 Å². The molecule has 12 heteroatoms. The van der Waals surface area contributed by atoms with Crippen LogP contribution in [-0.2, 0) is 0 Å². The predicted molar refractivity (Wildman–Crippen MR) is 138 cm³/mol. The number of nitrogens with one attached hydrogen (secondary N) is 1. The number of rotatable bonds is 7. The number of hydrogen-bond acceptors (Lipinski definition) is 8. The number of nitrogens with two attached hydrogens (primary N) is 1. The topological polar surface area (TPSA) is 107 Å². The van der Waals surface area contributed by atoms with Crippen LogP contribution in [0.4, 0.5) is 30.5 Å². The van der Waals surface area contributed by atoms with Gasteiger partial charge in [-0.05, 0) is 30.5 Å². The summed E-state index contributed by atoms with van der Waals surface area (Å²) in [4.78, 5) is 15.3. The molecule has 0 spiro atoms. The van der Waals surface area contributed by atoms with Crippen LogP contribution in [0, 0.1) is 11.7 Å². The minimum absolute atomic E-state index is 0.0369. The van der Waals surface area contributed by atoms with Crippen LogP contribution in [0.5, 0.6) is 5.75 Å². The van der Waals surface area contributed by atoms with Gasteiger partial charge in [-0.1, -0.05) is 13.0 Å². The normalized spacial score (nSPS) is 17.6. The zero-order valence-electron chi connectivity index (χ0n) is 20.9. The minimum atomic E-state index is -2.75. The maximum absolute atomic E-state index is 14.6. The lowest BCUT2D eigenvalue weighted by Crippen LogP contribution is -2.47. The molecule has 9 nitrogen and oxygen atoms in total. The van der Waals surface area contributed by atoms with E-state index in [1.54, 1.807) is 24.4 Å². The second kappa shape index (κ2) is 10.7. The molecule has 1 aromatic carbocycles. The first-order chi connectivity index (χ1) is 18.3. The Labute approximate surface area is 217 Å². The average molecular weight is 525 g/mol. The summed E-state index contributed by atoms with van der Waals surface area (Å²) in [5, 5.41) is 6.93. The van der Waals surface area contributed by atoms with E-state index in [-0.39, 0.29) is 17.4 Å². The van der Waals surface area contributed by atoms with Gasteiger partial charge in [-0.15, -0.1) is 0 Å². The van der Waals surface area contributed by atoms with Gasteiger partial charge in [0, 0.05) is 60.6 Å². The first kappa shape index (κ1) is 25.5. The largest absolute Gasteiger partial charge is 0.496 e. The van der Waals surface area contributed by atoms with Crippen molar-refractivity contribution in [3.05, 3.63) is 60.9 Å². The maximum atomic E-state index is 14.6. The molecule has 3 N–H and O–H groups in total. The first-order valence-electron chi connectivity index (χ1n) is 12.1. The number of aromatic nitrogens is 5. The molecule has 0 bridgehead atoms. The molecule has 0 amide bonds. The van der Waals surface area contributed by atoms with E-state index >= 15 is 0 Å². The molecule has 1 fully saturated rings. The second-order valence-electron chi connectivity index (χ2n) is 9.16. The highest BCUT2D eigenvalue weighted by Crippen LogP contribution is 2.36. The number of methoxy groups -OCH3 is 1. The van der Waals surface area contributed by atoms with Crippen molar-refractivity contribution in [2.45, 2.75) is 25.9 Å². The minimum Gasteiger partial charge on any atom is -0.496 e. The zero-order chi connectivity index (χ0) is 26.8. The summed E-state index contributed by atoms with van der Waals surface area (Å²) in [6.07, 6.45) is 6.70. The number of anilines is 3. The van der Waals surface area contributed by atoms with Crippen LogP contribution in [0.15, 0.2) is 55.1 Å². The Balaban J connectivity index is 1.50. The lowest BCUT2D eigenvalue weighted by atomic mass is 9.93. The predicted octanol–water partition coefficient (Wildman–Crippen LogP) is 4.86. The fourth-order valence-corrected chi connectivity index (χ4v) is 4.47. The van der Waals surface area contributed by atoms with Crippen molar-refractivity contribution in [2.24, 2.45) is 11.7 Å². The molecule has 0 radical (unpaired) electrons. The molecule has 5 rings (SSSR count). The lowest BCUT2D eigenvalue weighted by molar-refractivity contribution is 0.0566. The second-order valence-corrected chi connectivity index (χ2v) is 9.16. The van der Waals surface area contributed by atoms with E-state index in [1.807, 2.05) is 6.07 Å². The van der Waals surface area contributed by atoms with Crippen LogP contribution >= 0.6 is 0 Å². The Morgan fingerprint density at radius 2 is 2.00 bits per heavy atom. The number of alkyl halides is 2. The third kappa shape index (κ3) is 5.12. The van der Waals surface area contributed by atoms with Crippen LogP contribution in [0.25, 0.3) is 22.5 Å². The molecule has 3 aromatic heterocycles. The van der Waals surface area contributed by atoms with Crippen molar-refractivity contribution in [3.63, 3.8) is 0 Å². The summed E-state index contributed by atoms with van der Waals surface area (Å²) in [5.41, 5.74) is 8.46.